The quantitative estimate of drug-likeness (QED) is 0.307. The second-order valence-electron chi connectivity index (χ2n) is 8.01. The van der Waals surface area contributed by atoms with Crippen LogP contribution >= 0.6 is 23.2 Å². The van der Waals surface area contributed by atoms with Gasteiger partial charge < -0.3 is 10.2 Å². The molecule has 0 aliphatic heterocycles. The lowest BCUT2D eigenvalue weighted by molar-refractivity contribution is 0.189. The molecule has 0 saturated carbocycles. The average Bonchev–Trinajstić information content (AvgIpc) is 2.85. The number of amides is 2. The Bertz CT molecular complexity index is 1440. The van der Waals surface area contributed by atoms with Crippen LogP contribution in [0.15, 0.2) is 71.5 Å². The molecular formula is C26H23Cl2FN4O2. The first-order valence-corrected chi connectivity index (χ1v) is 11.9. The fraction of sp³-hybridized carbons (Fsp3) is 0.192. The zero-order valence-electron chi connectivity index (χ0n) is 19.1. The van der Waals surface area contributed by atoms with E-state index in [0.717, 1.165) is 0 Å². The monoisotopic (exact) mass is 512 g/mol. The van der Waals surface area contributed by atoms with Gasteiger partial charge in [0.25, 0.3) is 5.56 Å². The van der Waals surface area contributed by atoms with Crippen LogP contribution in [0.2, 0.25) is 10.0 Å². The van der Waals surface area contributed by atoms with E-state index in [9.17, 15) is 14.0 Å². The van der Waals surface area contributed by atoms with E-state index in [4.69, 9.17) is 28.2 Å². The molecule has 1 aromatic heterocycles. The van der Waals surface area contributed by atoms with Crippen molar-refractivity contribution in [1.82, 2.24) is 14.5 Å². The first-order valence-electron chi connectivity index (χ1n) is 11.1. The highest BCUT2D eigenvalue weighted by Gasteiger charge is 2.27. The van der Waals surface area contributed by atoms with Gasteiger partial charge in [-0.3, -0.25) is 9.36 Å². The summed E-state index contributed by atoms with van der Waals surface area (Å²) in [4.78, 5) is 33.2. The van der Waals surface area contributed by atoms with Gasteiger partial charge in [0.15, 0.2) is 0 Å². The van der Waals surface area contributed by atoms with E-state index in [-0.39, 0.29) is 10.6 Å². The van der Waals surface area contributed by atoms with Crippen molar-refractivity contribution < 1.29 is 9.18 Å². The number of benzene rings is 3. The van der Waals surface area contributed by atoms with Crippen LogP contribution in [0.5, 0.6) is 0 Å². The van der Waals surface area contributed by atoms with Crippen LogP contribution in [0, 0.1) is 5.82 Å². The van der Waals surface area contributed by atoms with Gasteiger partial charge in [0.05, 0.1) is 38.4 Å². The molecule has 0 fully saturated rings. The molecule has 0 radical (unpaired) electrons. The smallest absolute Gasteiger partial charge is 0.315 e. The first-order chi connectivity index (χ1) is 16.8. The lowest BCUT2D eigenvalue weighted by Crippen LogP contribution is -2.40. The maximum atomic E-state index is 13.6. The van der Waals surface area contributed by atoms with Gasteiger partial charge in [0.2, 0.25) is 0 Å². The van der Waals surface area contributed by atoms with Crippen molar-refractivity contribution in [2.24, 2.45) is 0 Å². The Hall–Kier alpha value is -3.42. The Balaban J connectivity index is 1.82. The Labute approximate surface area is 211 Å². The van der Waals surface area contributed by atoms with E-state index < -0.39 is 17.9 Å². The summed E-state index contributed by atoms with van der Waals surface area (Å²) in [5, 5.41) is 3.79. The van der Waals surface area contributed by atoms with Crippen LogP contribution in [0.25, 0.3) is 16.6 Å². The van der Waals surface area contributed by atoms with Crippen LogP contribution in [0.1, 0.15) is 32.1 Å². The number of para-hydroxylation sites is 1. The largest absolute Gasteiger partial charge is 0.322 e. The normalized spacial score (nSPS) is 11.9. The molecule has 4 rings (SSSR count). The molecule has 1 unspecified atom stereocenters. The number of aromatic nitrogens is 2. The zero-order valence-corrected chi connectivity index (χ0v) is 20.6. The predicted molar refractivity (Wildman–Crippen MR) is 138 cm³/mol. The molecule has 1 heterocycles. The summed E-state index contributed by atoms with van der Waals surface area (Å²) < 4.78 is 15.1. The van der Waals surface area contributed by atoms with E-state index in [1.807, 2.05) is 6.92 Å². The molecule has 0 spiro atoms. The molecule has 180 valence electrons. The Morgan fingerprint density at radius 2 is 1.80 bits per heavy atom. The number of nitrogens with zero attached hydrogens (tertiary/aromatic N) is 3. The van der Waals surface area contributed by atoms with Gasteiger partial charge in [-0.2, -0.15) is 0 Å². The van der Waals surface area contributed by atoms with E-state index in [1.54, 1.807) is 54.3 Å². The molecule has 1 N–H and O–H groups in total. The summed E-state index contributed by atoms with van der Waals surface area (Å²) in [5.74, 6) is -0.0726. The number of anilines is 1. The van der Waals surface area contributed by atoms with Gasteiger partial charge in [-0.15, -0.1) is 0 Å². The molecule has 6 nitrogen and oxygen atoms in total. The Morgan fingerprint density at radius 3 is 2.51 bits per heavy atom. The van der Waals surface area contributed by atoms with Crippen LogP contribution in [-0.2, 0) is 0 Å². The summed E-state index contributed by atoms with van der Waals surface area (Å²) in [6.45, 7) is 4.13. The fourth-order valence-electron chi connectivity index (χ4n) is 3.91. The topological polar surface area (TPSA) is 67.2 Å². The Kier molecular flexibility index (Phi) is 7.38. The molecule has 0 bridgehead atoms. The fourth-order valence-corrected chi connectivity index (χ4v) is 4.26. The number of rotatable bonds is 6. The number of fused-ring (bicyclic) bond motifs is 1. The van der Waals surface area contributed by atoms with E-state index in [1.165, 1.54) is 28.8 Å². The van der Waals surface area contributed by atoms with Crippen molar-refractivity contribution >= 4 is 45.8 Å². The Morgan fingerprint density at radius 1 is 1.09 bits per heavy atom. The van der Waals surface area contributed by atoms with Crippen molar-refractivity contribution in [2.45, 2.75) is 26.3 Å². The highest BCUT2D eigenvalue weighted by Crippen LogP contribution is 2.31. The number of nitrogens with one attached hydrogen (secondary N) is 1. The van der Waals surface area contributed by atoms with Gasteiger partial charge in [0, 0.05) is 6.54 Å². The minimum Gasteiger partial charge on any atom is -0.315 e. The first kappa shape index (κ1) is 24.7. The van der Waals surface area contributed by atoms with Crippen molar-refractivity contribution in [3.8, 4) is 5.69 Å². The van der Waals surface area contributed by atoms with Crippen LogP contribution < -0.4 is 10.9 Å². The van der Waals surface area contributed by atoms with Crippen LogP contribution in [-0.4, -0.2) is 27.0 Å². The van der Waals surface area contributed by atoms with Gasteiger partial charge in [-0.1, -0.05) is 48.3 Å². The highest BCUT2D eigenvalue weighted by molar-refractivity contribution is 6.43. The highest BCUT2D eigenvalue weighted by atomic mass is 35.5. The second kappa shape index (κ2) is 10.5. The number of carbonyl (C=O) groups excluding carboxylic acids is 1. The lowest BCUT2D eigenvalue weighted by atomic mass is 10.1. The molecule has 0 aliphatic rings. The lowest BCUT2D eigenvalue weighted by Gasteiger charge is -2.30. The van der Waals surface area contributed by atoms with Gasteiger partial charge in [-0.05, 0) is 61.9 Å². The van der Waals surface area contributed by atoms with Gasteiger partial charge >= 0.3 is 6.03 Å². The molecule has 3 aromatic carbocycles. The minimum absolute atomic E-state index is 0.235. The number of hydrogen-bond acceptors (Lipinski definition) is 3. The average molecular weight is 513 g/mol. The van der Waals surface area contributed by atoms with Crippen molar-refractivity contribution in [1.29, 1.82) is 0 Å². The summed E-state index contributed by atoms with van der Waals surface area (Å²) >= 11 is 12.4. The van der Waals surface area contributed by atoms with Crippen molar-refractivity contribution in [3.63, 3.8) is 0 Å². The third-order valence-corrected chi connectivity index (χ3v) is 6.47. The number of carbonyl (C=O) groups is 1. The number of halogens is 3. The molecule has 1 atom stereocenters. The van der Waals surface area contributed by atoms with Crippen LogP contribution in [0.4, 0.5) is 14.9 Å². The number of hydrogen-bond donors (Lipinski definition) is 1. The molecule has 0 saturated heterocycles. The van der Waals surface area contributed by atoms with E-state index in [2.05, 4.69) is 5.32 Å². The van der Waals surface area contributed by atoms with E-state index in [0.29, 0.717) is 46.1 Å². The third-order valence-electron chi connectivity index (χ3n) is 5.65. The van der Waals surface area contributed by atoms with Gasteiger partial charge in [-0.25, -0.2) is 14.2 Å². The molecule has 9 heteroatoms. The maximum absolute atomic E-state index is 13.6. The third kappa shape index (κ3) is 5.01. The minimum atomic E-state index is -0.615. The predicted octanol–water partition coefficient (Wildman–Crippen LogP) is 6.84. The molecule has 35 heavy (non-hydrogen) atoms. The summed E-state index contributed by atoms with van der Waals surface area (Å²) in [7, 11) is 0. The standard InChI is InChI=1S/C26H23Cl2FN4O2/c1-3-15-32(26(35)31-22-10-6-8-20(27)23(22)28)16(2)24-30-21-9-5-4-7-19(21)25(34)33(24)18-13-11-17(29)12-14-18/h4-14,16H,3,15H2,1-2H3,(H,31,35). The SMILES string of the molecule is CCCN(C(=O)Nc1cccc(Cl)c1Cl)C(C)c1nc2ccccc2c(=O)n1-c1ccc(F)cc1. The molecular weight excluding hydrogens is 490 g/mol. The second-order valence-corrected chi connectivity index (χ2v) is 8.79. The molecule has 2 amide bonds. The zero-order chi connectivity index (χ0) is 25.1. The van der Waals surface area contributed by atoms with Crippen molar-refractivity contribution in [3.05, 3.63) is 98.8 Å². The summed E-state index contributed by atoms with van der Waals surface area (Å²) in [5.41, 5.74) is 1.03. The maximum Gasteiger partial charge on any atom is 0.322 e. The van der Waals surface area contributed by atoms with E-state index >= 15 is 0 Å². The van der Waals surface area contributed by atoms with Gasteiger partial charge in [0.1, 0.15) is 11.6 Å². The molecule has 4 aromatic rings. The van der Waals surface area contributed by atoms with Crippen LogP contribution in [0.3, 0.4) is 0 Å². The number of urea groups is 1. The van der Waals surface area contributed by atoms with Crippen molar-refractivity contribution in [2.75, 3.05) is 11.9 Å². The molecule has 0 aliphatic carbocycles. The summed E-state index contributed by atoms with van der Waals surface area (Å²) in [6, 6.07) is 16.5. The summed E-state index contributed by atoms with van der Waals surface area (Å²) in [6.07, 6.45) is 0.662.